The minimum atomic E-state index is -0.616. The normalized spacial score (nSPS) is 12.1. The van der Waals surface area contributed by atoms with E-state index in [-0.39, 0.29) is 26.4 Å². The zero-order valence-corrected chi connectivity index (χ0v) is 10.1. The summed E-state index contributed by atoms with van der Waals surface area (Å²) < 4.78 is 19.7. The van der Waals surface area contributed by atoms with E-state index in [1.807, 2.05) is 0 Å². The highest BCUT2D eigenvalue weighted by atomic mass is 16.7. The third-order valence-corrected chi connectivity index (χ3v) is 1.78. The second-order valence-electron chi connectivity index (χ2n) is 3.17. The number of carbonyl (C=O) groups excluding carboxylic acids is 1. The number of carbonyl (C=O) groups is 1. The number of methoxy groups -OCH3 is 1. The lowest BCUT2D eigenvalue weighted by molar-refractivity contribution is -0.152. The lowest BCUT2D eigenvalue weighted by Gasteiger charge is -2.14. The summed E-state index contributed by atoms with van der Waals surface area (Å²) in [6.45, 7) is 4.18. The van der Waals surface area contributed by atoms with Gasteiger partial charge < -0.3 is 24.1 Å². The first-order valence-electron chi connectivity index (χ1n) is 5.30. The summed E-state index contributed by atoms with van der Waals surface area (Å²) in [4.78, 5) is 11.2. The Morgan fingerprint density at radius 3 is 2.82 bits per heavy atom. The Morgan fingerprint density at radius 2 is 2.24 bits per heavy atom. The average Bonchev–Trinajstić information content (AvgIpc) is 2.34. The molecule has 6 nitrogen and oxygen atoms in total. The smallest absolute Gasteiger partial charge is 0.308 e. The summed E-state index contributed by atoms with van der Waals surface area (Å²) in [6, 6.07) is 0. The molecule has 0 amide bonds. The summed E-state index contributed by atoms with van der Waals surface area (Å²) in [7, 11) is 1.57. The number of aliphatic hydroxyl groups is 1. The van der Waals surface area contributed by atoms with Gasteiger partial charge in [-0.2, -0.15) is 0 Å². The largest absolute Gasteiger partial charge is 0.461 e. The van der Waals surface area contributed by atoms with Gasteiger partial charge in [-0.3, -0.25) is 4.79 Å². The van der Waals surface area contributed by atoms with Crippen molar-refractivity contribution in [1.82, 2.24) is 0 Å². The minimum Gasteiger partial charge on any atom is -0.461 e. The van der Waals surface area contributed by atoms with Crippen LogP contribution in [0, 0.1) is 0 Å². The highest BCUT2D eigenvalue weighted by molar-refractivity contribution is 5.70. The Morgan fingerprint density at radius 1 is 1.47 bits per heavy atom. The lowest BCUT2D eigenvalue weighted by Crippen LogP contribution is -2.24. The first kappa shape index (κ1) is 16.1. The van der Waals surface area contributed by atoms with E-state index in [0.717, 1.165) is 0 Å². The Bertz CT molecular complexity index is 206. The van der Waals surface area contributed by atoms with Gasteiger partial charge in [0.2, 0.25) is 0 Å². The van der Waals surface area contributed by atoms with Gasteiger partial charge in [-0.15, -0.1) is 0 Å². The molecule has 0 aliphatic heterocycles. The molecular formula is C11H20O6. The molecule has 0 rings (SSSR count). The highest BCUT2D eigenvalue weighted by Gasteiger charge is 2.14. The molecule has 0 aromatic rings. The van der Waals surface area contributed by atoms with Crippen molar-refractivity contribution in [3.8, 4) is 0 Å². The Labute approximate surface area is 101 Å². The van der Waals surface area contributed by atoms with Gasteiger partial charge in [-0.05, 0) is 0 Å². The SMILES string of the molecule is C=CCOC(=O)C[C@@H](CO)OCOCCOC. The van der Waals surface area contributed by atoms with Crippen molar-refractivity contribution in [2.75, 3.05) is 40.3 Å². The number of ether oxygens (including phenoxy) is 4. The van der Waals surface area contributed by atoms with Crippen molar-refractivity contribution >= 4 is 5.97 Å². The average molecular weight is 248 g/mol. The molecule has 0 aliphatic rings. The third-order valence-electron chi connectivity index (χ3n) is 1.78. The Balaban J connectivity index is 3.60. The van der Waals surface area contributed by atoms with Gasteiger partial charge in [-0.1, -0.05) is 12.7 Å². The molecule has 0 bridgehead atoms. The summed E-state index contributed by atoms with van der Waals surface area (Å²) in [6.07, 6.45) is 0.841. The van der Waals surface area contributed by atoms with Crippen LogP contribution in [0.1, 0.15) is 6.42 Å². The van der Waals surface area contributed by atoms with Gasteiger partial charge in [0.15, 0.2) is 0 Å². The predicted octanol–water partition coefficient (Wildman–Crippen LogP) is 0.104. The molecule has 0 heterocycles. The Hall–Kier alpha value is -0.950. The van der Waals surface area contributed by atoms with E-state index in [0.29, 0.717) is 13.2 Å². The number of rotatable bonds is 11. The Kier molecular flexibility index (Phi) is 10.9. The van der Waals surface area contributed by atoms with E-state index in [2.05, 4.69) is 6.58 Å². The molecule has 17 heavy (non-hydrogen) atoms. The van der Waals surface area contributed by atoms with Gasteiger partial charge in [0.25, 0.3) is 0 Å². The van der Waals surface area contributed by atoms with Crippen LogP contribution in [0.15, 0.2) is 12.7 Å². The molecule has 0 aliphatic carbocycles. The van der Waals surface area contributed by atoms with Crippen LogP contribution in [0.3, 0.4) is 0 Å². The van der Waals surface area contributed by atoms with Crippen LogP contribution < -0.4 is 0 Å². The second kappa shape index (κ2) is 11.5. The first-order valence-corrected chi connectivity index (χ1v) is 5.30. The van der Waals surface area contributed by atoms with Crippen molar-refractivity contribution in [2.45, 2.75) is 12.5 Å². The van der Waals surface area contributed by atoms with Crippen LogP contribution >= 0.6 is 0 Å². The van der Waals surface area contributed by atoms with E-state index < -0.39 is 12.1 Å². The molecule has 100 valence electrons. The highest BCUT2D eigenvalue weighted by Crippen LogP contribution is 2.00. The molecule has 1 N–H and O–H groups in total. The number of aliphatic hydroxyl groups excluding tert-OH is 1. The van der Waals surface area contributed by atoms with Crippen LogP contribution in [-0.2, 0) is 23.7 Å². The van der Waals surface area contributed by atoms with E-state index in [1.54, 1.807) is 7.11 Å². The van der Waals surface area contributed by atoms with Crippen molar-refractivity contribution in [3.05, 3.63) is 12.7 Å². The van der Waals surface area contributed by atoms with Crippen molar-refractivity contribution in [3.63, 3.8) is 0 Å². The third kappa shape index (κ3) is 9.95. The van der Waals surface area contributed by atoms with Crippen molar-refractivity contribution in [1.29, 1.82) is 0 Å². The molecule has 6 heteroatoms. The van der Waals surface area contributed by atoms with Crippen LogP contribution in [0.25, 0.3) is 0 Å². The lowest BCUT2D eigenvalue weighted by atomic mass is 10.3. The topological polar surface area (TPSA) is 74.2 Å². The van der Waals surface area contributed by atoms with Gasteiger partial charge in [0.1, 0.15) is 13.4 Å². The second-order valence-corrected chi connectivity index (χ2v) is 3.17. The fourth-order valence-corrected chi connectivity index (χ4v) is 0.918. The number of hydrogen-bond acceptors (Lipinski definition) is 6. The molecular weight excluding hydrogens is 228 g/mol. The van der Waals surface area contributed by atoms with Crippen molar-refractivity contribution < 1.29 is 28.8 Å². The molecule has 0 saturated heterocycles. The molecule has 0 aromatic carbocycles. The van der Waals surface area contributed by atoms with Crippen molar-refractivity contribution in [2.24, 2.45) is 0 Å². The quantitative estimate of drug-likeness (QED) is 0.242. The zero-order chi connectivity index (χ0) is 12.9. The van der Waals surface area contributed by atoms with Gasteiger partial charge in [0, 0.05) is 7.11 Å². The van der Waals surface area contributed by atoms with E-state index in [1.165, 1.54) is 6.08 Å². The van der Waals surface area contributed by atoms with Crippen LogP contribution in [0.4, 0.5) is 0 Å². The van der Waals surface area contributed by atoms with Crippen LogP contribution in [0.2, 0.25) is 0 Å². The maximum absolute atomic E-state index is 11.2. The minimum absolute atomic E-state index is 0.00330. The van der Waals surface area contributed by atoms with Gasteiger partial charge >= 0.3 is 5.97 Å². The van der Waals surface area contributed by atoms with Gasteiger partial charge in [0.05, 0.1) is 32.3 Å². The van der Waals surface area contributed by atoms with E-state index >= 15 is 0 Å². The summed E-state index contributed by atoms with van der Waals surface area (Å²) in [5, 5.41) is 8.97. The van der Waals surface area contributed by atoms with E-state index in [4.69, 9.17) is 24.1 Å². The molecule has 0 fully saturated rings. The fourth-order valence-electron chi connectivity index (χ4n) is 0.918. The standard InChI is InChI=1S/C11H20O6/c1-3-4-16-11(13)7-10(8-12)17-9-15-6-5-14-2/h3,10,12H,1,4-9H2,2H3/t10-/m0/s1. The predicted molar refractivity (Wildman–Crippen MR) is 60.4 cm³/mol. The fraction of sp³-hybridized carbons (Fsp3) is 0.727. The number of esters is 1. The molecule has 0 spiro atoms. The number of hydrogen-bond donors (Lipinski definition) is 1. The molecule has 0 saturated carbocycles. The monoisotopic (exact) mass is 248 g/mol. The maximum Gasteiger partial charge on any atom is 0.308 e. The van der Waals surface area contributed by atoms with Gasteiger partial charge in [-0.25, -0.2) is 0 Å². The zero-order valence-electron chi connectivity index (χ0n) is 10.1. The van der Waals surface area contributed by atoms with Crippen LogP contribution in [-0.4, -0.2) is 57.5 Å². The summed E-state index contributed by atoms with van der Waals surface area (Å²) in [5.74, 6) is -0.444. The van der Waals surface area contributed by atoms with Crippen LogP contribution in [0.5, 0.6) is 0 Å². The molecule has 0 radical (unpaired) electrons. The molecule has 0 unspecified atom stereocenters. The van der Waals surface area contributed by atoms with E-state index in [9.17, 15) is 4.79 Å². The summed E-state index contributed by atoms with van der Waals surface area (Å²) in [5.41, 5.74) is 0. The summed E-state index contributed by atoms with van der Waals surface area (Å²) >= 11 is 0. The first-order chi connectivity index (χ1) is 8.24. The molecule has 1 atom stereocenters. The molecule has 0 aromatic heterocycles. The maximum atomic E-state index is 11.2.